The lowest BCUT2D eigenvalue weighted by molar-refractivity contribution is -0.870. The average Bonchev–Trinajstić information content (AvgIpc) is 3.66. The van der Waals surface area contributed by atoms with Crippen LogP contribution in [0.5, 0.6) is 11.5 Å². The van der Waals surface area contributed by atoms with E-state index in [1.165, 1.54) is 0 Å². The average molecular weight is 586 g/mol. The van der Waals surface area contributed by atoms with Gasteiger partial charge in [-0.1, -0.05) is 13.3 Å². The number of aliphatic hydroxyl groups is 1. The predicted molar refractivity (Wildman–Crippen MR) is 160 cm³/mol. The van der Waals surface area contributed by atoms with Crippen molar-refractivity contribution >= 4 is 11.9 Å². The van der Waals surface area contributed by atoms with Gasteiger partial charge in [0.2, 0.25) is 12.7 Å². The first-order chi connectivity index (χ1) is 20.0. The van der Waals surface area contributed by atoms with Crippen LogP contribution < -0.4 is 9.47 Å². The second kappa shape index (κ2) is 13.9. The molecule has 0 saturated carbocycles. The number of quaternary nitrogens is 1. The van der Waals surface area contributed by atoms with Crippen molar-refractivity contribution in [2.45, 2.75) is 57.6 Å². The summed E-state index contributed by atoms with van der Waals surface area (Å²) in [6, 6.07) is 7.41. The molecule has 10 nitrogen and oxygen atoms in total. The van der Waals surface area contributed by atoms with Gasteiger partial charge in [0, 0.05) is 62.5 Å². The summed E-state index contributed by atoms with van der Waals surface area (Å²) in [4.78, 5) is 30.8. The molecule has 3 heterocycles. The smallest absolute Gasteiger partial charge is 0.308 e. The maximum absolute atomic E-state index is 13.8. The molecule has 1 aromatic heterocycles. The molecule has 1 saturated heterocycles. The number of aryl methyl sites for hydroxylation is 2. The first kappa shape index (κ1) is 31.8. The fourth-order valence-electron chi connectivity index (χ4n) is 6.40. The van der Waals surface area contributed by atoms with Gasteiger partial charge in [0.15, 0.2) is 11.5 Å². The molecule has 0 aliphatic carbocycles. The minimum absolute atomic E-state index is 0.0558. The summed E-state index contributed by atoms with van der Waals surface area (Å²) in [5.41, 5.74) is 2.51. The van der Waals surface area contributed by atoms with Gasteiger partial charge in [0.05, 0.1) is 46.8 Å². The number of hydrogen-bond acceptors (Lipinski definition) is 6. The van der Waals surface area contributed by atoms with Gasteiger partial charge < -0.3 is 33.6 Å². The molecule has 2 N–H and O–H groups in total. The third-order valence-electron chi connectivity index (χ3n) is 8.68. The molecule has 0 spiro atoms. The summed E-state index contributed by atoms with van der Waals surface area (Å²) in [6.07, 6.45) is 6.18. The fourth-order valence-corrected chi connectivity index (χ4v) is 6.40. The Balaban J connectivity index is 1.61. The quantitative estimate of drug-likeness (QED) is 0.310. The Labute approximate surface area is 250 Å². The predicted octanol–water partition coefficient (Wildman–Crippen LogP) is 3.07. The first-order valence-electron chi connectivity index (χ1n) is 15.2. The molecule has 2 aliphatic heterocycles. The van der Waals surface area contributed by atoms with Gasteiger partial charge in [-0.2, -0.15) is 0 Å². The number of aliphatic hydroxyl groups excluding tert-OH is 1. The Hall–Kier alpha value is -3.08. The minimum Gasteiger partial charge on any atom is -0.481 e. The number of amides is 1. The Morgan fingerprint density at radius 1 is 1.14 bits per heavy atom. The number of carboxylic acids is 1. The topological polar surface area (TPSA) is 104 Å². The number of aromatic nitrogens is 1. The van der Waals surface area contributed by atoms with E-state index >= 15 is 0 Å². The van der Waals surface area contributed by atoms with Crippen molar-refractivity contribution < 1.29 is 33.8 Å². The first-order valence-corrected chi connectivity index (χ1v) is 15.2. The zero-order valence-electron chi connectivity index (χ0n) is 25.9. The third kappa shape index (κ3) is 7.65. The maximum atomic E-state index is 13.8. The molecule has 1 amide bonds. The Morgan fingerprint density at radius 3 is 2.55 bits per heavy atom. The van der Waals surface area contributed by atoms with Gasteiger partial charge in [-0.15, -0.1) is 0 Å². The van der Waals surface area contributed by atoms with Crippen molar-refractivity contribution in [3.63, 3.8) is 0 Å². The van der Waals surface area contributed by atoms with Crippen LogP contribution in [0, 0.1) is 5.92 Å². The molecule has 0 radical (unpaired) electrons. The van der Waals surface area contributed by atoms with Crippen molar-refractivity contribution in [3.05, 3.63) is 47.3 Å². The second-order valence-corrected chi connectivity index (χ2v) is 12.8. The van der Waals surface area contributed by atoms with Crippen molar-refractivity contribution in [2.75, 3.05) is 60.7 Å². The summed E-state index contributed by atoms with van der Waals surface area (Å²) in [5.74, 6) is -0.860. The molecule has 10 heteroatoms. The van der Waals surface area contributed by atoms with Crippen molar-refractivity contribution in [2.24, 2.45) is 13.0 Å². The normalized spacial score (nSPS) is 20.3. The molecular weight excluding hydrogens is 536 g/mol. The number of carbonyl (C=O) groups excluding carboxylic acids is 1. The molecule has 0 unspecified atom stereocenters. The van der Waals surface area contributed by atoms with E-state index in [2.05, 4.69) is 43.6 Å². The minimum atomic E-state index is -0.874. The highest BCUT2D eigenvalue weighted by Crippen LogP contribution is 2.44. The number of rotatable bonds is 15. The highest BCUT2D eigenvalue weighted by Gasteiger charge is 2.47. The number of carbonyl (C=O) groups is 2. The SMILES string of the molecule is CCCCN(CCC[N+](C)(C)C)C(=O)CN1C[C@H](c2cc(CO)c3c(c2)OCO3)[C@@H](C(=O)O)[C@@H]1CCc1cccn1C. The van der Waals surface area contributed by atoms with Crippen LogP contribution in [0.15, 0.2) is 30.5 Å². The second-order valence-electron chi connectivity index (χ2n) is 12.8. The zero-order chi connectivity index (χ0) is 30.4. The summed E-state index contributed by atoms with van der Waals surface area (Å²) >= 11 is 0. The van der Waals surface area contributed by atoms with Gasteiger partial charge in [-0.05, 0) is 49.1 Å². The zero-order valence-corrected chi connectivity index (χ0v) is 25.9. The molecule has 1 fully saturated rings. The molecule has 2 aromatic rings. The number of fused-ring (bicyclic) bond motifs is 1. The van der Waals surface area contributed by atoms with E-state index in [9.17, 15) is 19.8 Å². The van der Waals surface area contributed by atoms with Crippen molar-refractivity contribution in [1.29, 1.82) is 0 Å². The number of ether oxygens (including phenoxy) is 2. The van der Waals surface area contributed by atoms with E-state index in [1.807, 2.05) is 36.3 Å². The standard InChI is InChI=1S/C32H48N4O6/c1-6-7-14-34(15-9-16-36(3,4)5)29(38)20-35-19-26(23-17-24(21-37)31-28(18-23)41-22-42-31)30(32(39)40)27(35)12-11-25-10-8-13-33(25)2/h8,10,13,17-18,26-27,30,37H,6-7,9,11-12,14-16,19-22H2,1-5H3/p+1/t26-,27+,30-/m1/s1. The monoisotopic (exact) mass is 585 g/mol. The summed E-state index contributed by atoms with van der Waals surface area (Å²) < 4.78 is 14.1. The number of benzene rings is 1. The Morgan fingerprint density at radius 2 is 1.90 bits per heavy atom. The van der Waals surface area contributed by atoms with Gasteiger partial charge in [-0.3, -0.25) is 14.5 Å². The van der Waals surface area contributed by atoms with Crippen molar-refractivity contribution in [3.8, 4) is 11.5 Å². The van der Waals surface area contributed by atoms with E-state index in [4.69, 9.17) is 9.47 Å². The van der Waals surface area contributed by atoms with Crippen LogP contribution >= 0.6 is 0 Å². The van der Waals surface area contributed by atoms with E-state index in [0.29, 0.717) is 49.5 Å². The number of likely N-dealkylation sites (tertiary alicyclic amines) is 1. The number of hydrogen-bond donors (Lipinski definition) is 2. The fraction of sp³-hybridized carbons (Fsp3) is 0.625. The Kier molecular flexibility index (Phi) is 10.6. The van der Waals surface area contributed by atoms with E-state index in [0.717, 1.165) is 41.5 Å². The molecule has 232 valence electrons. The van der Waals surface area contributed by atoms with Crippen LogP contribution in [-0.2, 0) is 29.7 Å². The van der Waals surface area contributed by atoms with Crippen LogP contribution in [0.2, 0.25) is 0 Å². The number of unbranched alkanes of at least 4 members (excludes halogenated alkanes) is 1. The van der Waals surface area contributed by atoms with Gasteiger partial charge >= 0.3 is 5.97 Å². The number of carboxylic acid groups (broad SMARTS) is 1. The summed E-state index contributed by atoms with van der Waals surface area (Å²) in [6.45, 7) is 4.96. The molecule has 3 atom stereocenters. The number of aliphatic carboxylic acids is 1. The third-order valence-corrected chi connectivity index (χ3v) is 8.68. The van der Waals surface area contributed by atoms with Crippen LogP contribution in [-0.4, -0.2) is 108 Å². The van der Waals surface area contributed by atoms with E-state index < -0.39 is 11.9 Å². The highest BCUT2D eigenvalue weighted by atomic mass is 16.7. The molecule has 4 rings (SSSR count). The lowest BCUT2D eigenvalue weighted by Crippen LogP contribution is -2.45. The lowest BCUT2D eigenvalue weighted by Gasteiger charge is -2.31. The van der Waals surface area contributed by atoms with Crippen molar-refractivity contribution in [1.82, 2.24) is 14.4 Å². The lowest BCUT2D eigenvalue weighted by atomic mass is 9.83. The molecule has 0 bridgehead atoms. The molecule has 1 aromatic carbocycles. The van der Waals surface area contributed by atoms with Crippen LogP contribution in [0.1, 0.15) is 55.3 Å². The van der Waals surface area contributed by atoms with Crippen LogP contribution in [0.3, 0.4) is 0 Å². The maximum Gasteiger partial charge on any atom is 0.308 e. The molecule has 42 heavy (non-hydrogen) atoms. The highest BCUT2D eigenvalue weighted by molar-refractivity contribution is 5.79. The van der Waals surface area contributed by atoms with Gasteiger partial charge in [0.1, 0.15) is 0 Å². The Bertz CT molecular complexity index is 1220. The molecular formula is C32H49N4O6+. The van der Waals surface area contributed by atoms with Gasteiger partial charge in [-0.25, -0.2) is 0 Å². The van der Waals surface area contributed by atoms with Gasteiger partial charge in [0.25, 0.3) is 0 Å². The van der Waals surface area contributed by atoms with Crippen LogP contribution in [0.4, 0.5) is 0 Å². The van der Waals surface area contributed by atoms with E-state index in [1.54, 1.807) is 0 Å². The number of nitrogens with zero attached hydrogens (tertiary/aromatic N) is 4. The summed E-state index contributed by atoms with van der Waals surface area (Å²) in [5, 5.41) is 20.6. The largest absolute Gasteiger partial charge is 0.481 e. The van der Waals surface area contributed by atoms with E-state index in [-0.39, 0.29) is 37.8 Å². The molecule has 2 aliphatic rings. The summed E-state index contributed by atoms with van der Waals surface area (Å²) in [7, 11) is 8.46. The van der Waals surface area contributed by atoms with Crippen LogP contribution in [0.25, 0.3) is 0 Å².